The van der Waals surface area contributed by atoms with Crippen molar-refractivity contribution in [2.45, 2.75) is 31.2 Å². The molecule has 1 aliphatic heterocycles. The number of nitrogens with one attached hydrogen (secondary N) is 1. The van der Waals surface area contributed by atoms with Gasteiger partial charge in [-0.15, -0.1) is 0 Å². The third-order valence-corrected chi connectivity index (χ3v) is 4.91. The predicted molar refractivity (Wildman–Crippen MR) is 92.8 cm³/mol. The van der Waals surface area contributed by atoms with Crippen molar-refractivity contribution < 1.29 is 13.2 Å². The van der Waals surface area contributed by atoms with Gasteiger partial charge in [0.05, 0.1) is 10.5 Å². The van der Waals surface area contributed by atoms with Crippen molar-refractivity contribution in [2.75, 3.05) is 19.3 Å². The molecule has 0 saturated carbocycles. The molecule has 1 aromatic carbocycles. The highest BCUT2D eigenvalue weighted by molar-refractivity contribution is 7.90. The zero-order chi connectivity index (χ0) is 17.2. The van der Waals surface area contributed by atoms with Crippen LogP contribution in [0.15, 0.2) is 29.2 Å². The Balaban J connectivity index is 2.32. The van der Waals surface area contributed by atoms with Crippen LogP contribution in [-0.2, 0) is 9.84 Å². The molecule has 126 valence electrons. The fourth-order valence-corrected chi connectivity index (χ4v) is 3.77. The van der Waals surface area contributed by atoms with Crippen LogP contribution in [0.25, 0.3) is 0 Å². The molecule has 0 spiro atoms. The molecule has 1 aliphatic rings. The number of nitrogens with zero attached hydrogens (tertiary/aromatic N) is 2. The number of carbonyl (C=O) groups is 1. The fourth-order valence-electron chi connectivity index (χ4n) is 2.46. The lowest BCUT2D eigenvalue weighted by Gasteiger charge is -2.31. The van der Waals surface area contributed by atoms with Gasteiger partial charge in [0.2, 0.25) is 0 Å². The Morgan fingerprint density at radius 1 is 1.22 bits per heavy atom. The summed E-state index contributed by atoms with van der Waals surface area (Å²) in [5.41, 5.74) is 0.175. The zero-order valence-corrected chi connectivity index (χ0v) is 15.1. The lowest BCUT2D eigenvalue weighted by Crippen LogP contribution is -2.50. The number of benzene rings is 1. The Morgan fingerprint density at radius 3 is 2.43 bits per heavy atom. The van der Waals surface area contributed by atoms with Gasteiger partial charge in [0.25, 0.3) is 5.91 Å². The first kappa shape index (κ1) is 17.7. The number of carbonyl (C=O) groups excluding carboxylic acids is 1. The van der Waals surface area contributed by atoms with E-state index in [1.54, 1.807) is 17.1 Å². The van der Waals surface area contributed by atoms with Crippen LogP contribution < -0.4 is 5.32 Å². The molecule has 1 saturated heterocycles. The minimum Gasteiger partial charge on any atom is -0.359 e. The van der Waals surface area contributed by atoms with E-state index in [0.29, 0.717) is 18.2 Å². The quantitative estimate of drug-likeness (QED) is 0.828. The van der Waals surface area contributed by atoms with Crippen molar-refractivity contribution in [3.8, 4) is 0 Å². The fraction of sp³-hybridized carbons (Fsp3) is 0.467. The van der Waals surface area contributed by atoms with Crippen LogP contribution >= 0.6 is 12.2 Å². The standard InChI is InChI=1S/C15H21N3O3S2/c1-11(2)16-15(22)18-10-6-9-17(18)14(19)12-7-4-5-8-13(12)23(3,20)21/h4-5,7-8,11H,6,9-10H2,1-3H3,(H,16,22). The Bertz CT molecular complexity index is 716. The zero-order valence-electron chi connectivity index (χ0n) is 13.4. The minimum absolute atomic E-state index is 0.0413. The third kappa shape index (κ3) is 4.00. The van der Waals surface area contributed by atoms with E-state index in [0.717, 1.165) is 12.7 Å². The highest BCUT2D eigenvalue weighted by Gasteiger charge is 2.31. The molecule has 1 N–H and O–H groups in total. The molecule has 1 amide bonds. The molecule has 23 heavy (non-hydrogen) atoms. The maximum Gasteiger partial charge on any atom is 0.273 e. The summed E-state index contributed by atoms with van der Waals surface area (Å²) in [6, 6.07) is 6.41. The topological polar surface area (TPSA) is 69.7 Å². The molecule has 1 aromatic rings. The van der Waals surface area contributed by atoms with Crippen LogP contribution in [0.1, 0.15) is 30.6 Å². The van der Waals surface area contributed by atoms with E-state index < -0.39 is 9.84 Å². The third-order valence-electron chi connectivity index (χ3n) is 3.43. The lowest BCUT2D eigenvalue weighted by atomic mass is 10.2. The van der Waals surface area contributed by atoms with Crippen LogP contribution in [0.3, 0.4) is 0 Å². The summed E-state index contributed by atoms with van der Waals surface area (Å²) in [6.07, 6.45) is 1.89. The molecule has 0 bridgehead atoms. The first-order valence-electron chi connectivity index (χ1n) is 7.40. The summed E-state index contributed by atoms with van der Waals surface area (Å²) in [5, 5.41) is 6.81. The van der Waals surface area contributed by atoms with E-state index in [4.69, 9.17) is 12.2 Å². The number of thiocarbonyl (C=S) groups is 1. The first-order chi connectivity index (χ1) is 10.7. The summed E-state index contributed by atoms with van der Waals surface area (Å²) in [4.78, 5) is 12.9. The molecule has 0 aromatic heterocycles. The lowest BCUT2D eigenvalue weighted by molar-refractivity contribution is 0.0486. The molecular formula is C15H21N3O3S2. The Morgan fingerprint density at radius 2 is 1.83 bits per heavy atom. The van der Waals surface area contributed by atoms with E-state index in [9.17, 15) is 13.2 Å². The van der Waals surface area contributed by atoms with Crippen molar-refractivity contribution in [2.24, 2.45) is 0 Å². The first-order valence-corrected chi connectivity index (χ1v) is 9.70. The van der Waals surface area contributed by atoms with Gasteiger partial charge in [-0.1, -0.05) is 12.1 Å². The SMILES string of the molecule is CC(C)NC(=S)N1CCCN1C(=O)c1ccccc1S(C)(=O)=O. The van der Waals surface area contributed by atoms with Gasteiger partial charge >= 0.3 is 0 Å². The Labute approximate surface area is 142 Å². The van der Waals surface area contributed by atoms with Crippen molar-refractivity contribution >= 4 is 33.1 Å². The van der Waals surface area contributed by atoms with E-state index in [2.05, 4.69) is 5.32 Å². The van der Waals surface area contributed by atoms with Crippen molar-refractivity contribution in [1.29, 1.82) is 0 Å². The molecule has 8 heteroatoms. The maximum absolute atomic E-state index is 12.8. The molecule has 0 aliphatic carbocycles. The molecule has 6 nitrogen and oxygen atoms in total. The Hall–Kier alpha value is -1.67. The smallest absolute Gasteiger partial charge is 0.273 e. The van der Waals surface area contributed by atoms with E-state index in [-0.39, 0.29) is 22.4 Å². The van der Waals surface area contributed by atoms with Gasteiger partial charge in [-0.25, -0.2) is 13.4 Å². The number of hydrazine groups is 1. The summed E-state index contributed by atoms with van der Waals surface area (Å²) in [5.74, 6) is -0.351. The number of rotatable bonds is 3. The highest BCUT2D eigenvalue weighted by Crippen LogP contribution is 2.21. The molecule has 1 fully saturated rings. The van der Waals surface area contributed by atoms with Gasteiger partial charge in [0, 0.05) is 25.4 Å². The number of amides is 1. The van der Waals surface area contributed by atoms with Crippen LogP contribution in [0.2, 0.25) is 0 Å². The molecular weight excluding hydrogens is 334 g/mol. The number of hydrogen-bond donors (Lipinski definition) is 1. The van der Waals surface area contributed by atoms with Crippen LogP contribution in [0.4, 0.5) is 0 Å². The van der Waals surface area contributed by atoms with Gasteiger partial charge in [-0.2, -0.15) is 0 Å². The Kier molecular flexibility index (Phi) is 5.26. The van der Waals surface area contributed by atoms with E-state index in [1.165, 1.54) is 17.1 Å². The normalized spacial score (nSPS) is 15.1. The van der Waals surface area contributed by atoms with Gasteiger partial charge in [-0.3, -0.25) is 9.80 Å². The van der Waals surface area contributed by atoms with Gasteiger partial charge < -0.3 is 5.32 Å². The average molecular weight is 355 g/mol. The summed E-state index contributed by atoms with van der Waals surface area (Å²) in [7, 11) is -3.48. The number of hydrogen-bond acceptors (Lipinski definition) is 4. The molecule has 1 heterocycles. The highest BCUT2D eigenvalue weighted by atomic mass is 32.2. The van der Waals surface area contributed by atoms with Crippen LogP contribution in [-0.4, -0.2) is 54.8 Å². The van der Waals surface area contributed by atoms with E-state index >= 15 is 0 Å². The van der Waals surface area contributed by atoms with Crippen LogP contribution in [0, 0.1) is 0 Å². The monoisotopic (exact) mass is 355 g/mol. The summed E-state index contributed by atoms with van der Waals surface area (Å²) >= 11 is 5.35. The van der Waals surface area contributed by atoms with E-state index in [1.807, 2.05) is 13.8 Å². The molecule has 2 rings (SSSR count). The second-order valence-corrected chi connectivity index (χ2v) is 8.15. The van der Waals surface area contributed by atoms with Gasteiger partial charge in [0.1, 0.15) is 0 Å². The van der Waals surface area contributed by atoms with Gasteiger partial charge in [0.15, 0.2) is 14.9 Å². The second kappa shape index (κ2) is 6.84. The van der Waals surface area contributed by atoms with Gasteiger partial charge in [-0.05, 0) is 44.6 Å². The molecule has 0 unspecified atom stereocenters. The maximum atomic E-state index is 12.8. The van der Waals surface area contributed by atoms with Crippen LogP contribution in [0.5, 0.6) is 0 Å². The van der Waals surface area contributed by atoms with Crippen molar-refractivity contribution in [1.82, 2.24) is 15.3 Å². The summed E-state index contributed by atoms with van der Waals surface area (Å²) < 4.78 is 23.8. The average Bonchev–Trinajstić information content (AvgIpc) is 2.94. The predicted octanol–water partition coefficient (Wildman–Crippen LogP) is 1.44. The molecule has 0 atom stereocenters. The minimum atomic E-state index is -3.48. The summed E-state index contributed by atoms with van der Waals surface area (Å²) in [6.45, 7) is 5.07. The van der Waals surface area contributed by atoms with Crippen molar-refractivity contribution in [3.63, 3.8) is 0 Å². The largest absolute Gasteiger partial charge is 0.359 e. The van der Waals surface area contributed by atoms with Crippen molar-refractivity contribution in [3.05, 3.63) is 29.8 Å². The molecule has 0 radical (unpaired) electrons. The number of sulfone groups is 1. The second-order valence-electron chi connectivity index (χ2n) is 5.78.